The molecular formula is C47H55N11O3. The van der Waals surface area contributed by atoms with Crippen molar-refractivity contribution in [1.82, 2.24) is 36.0 Å². The van der Waals surface area contributed by atoms with Crippen molar-refractivity contribution in [3.63, 3.8) is 0 Å². The minimum atomic E-state index is -0.107. The zero-order valence-corrected chi connectivity index (χ0v) is 33.3. The van der Waals surface area contributed by atoms with E-state index in [2.05, 4.69) is 48.1 Å². The number of nitrogens with one attached hydrogen (secondary N) is 3. The Kier molecular flexibility index (Phi) is 16.7. The highest BCUT2D eigenvalue weighted by molar-refractivity contribution is 5.94. The van der Waals surface area contributed by atoms with Gasteiger partial charge in [0, 0.05) is 49.3 Å². The van der Waals surface area contributed by atoms with Crippen LogP contribution in [0.25, 0.3) is 11.2 Å². The maximum Gasteiger partial charge on any atom is 0.251 e. The van der Waals surface area contributed by atoms with Gasteiger partial charge in [0.1, 0.15) is 23.0 Å². The molecule has 11 N–H and O–H groups in total. The number of anilines is 4. The van der Waals surface area contributed by atoms with E-state index in [1.54, 1.807) is 30.3 Å². The number of nitrogens with zero attached hydrogens (tertiary/aromatic N) is 4. The van der Waals surface area contributed by atoms with Gasteiger partial charge in [-0.05, 0) is 84.3 Å². The van der Waals surface area contributed by atoms with Gasteiger partial charge in [-0.25, -0.2) is 9.97 Å². The highest BCUT2D eigenvalue weighted by Gasteiger charge is 2.22. The number of hydrogen-bond acceptors (Lipinski definition) is 11. The van der Waals surface area contributed by atoms with E-state index in [0.717, 1.165) is 35.5 Å². The molecule has 8 rings (SSSR count). The van der Waals surface area contributed by atoms with Crippen LogP contribution in [-0.2, 0) is 4.74 Å². The molecule has 1 aliphatic heterocycles. The molecule has 0 aliphatic carbocycles. The van der Waals surface area contributed by atoms with Crippen LogP contribution >= 0.6 is 0 Å². The van der Waals surface area contributed by atoms with E-state index in [4.69, 9.17) is 27.7 Å². The Morgan fingerprint density at radius 3 is 1.52 bits per heavy atom. The van der Waals surface area contributed by atoms with Gasteiger partial charge in [0.05, 0.1) is 5.69 Å². The first-order valence-electron chi connectivity index (χ1n) is 19.9. The van der Waals surface area contributed by atoms with Crippen LogP contribution in [0.1, 0.15) is 87.9 Å². The SMILES string of the molecule is C.C1CCOC1.Nc1cc(C(CCNC(=O)c2ccccc2)c2ccccc2)c(N)c(N)n1.Nc1cc(C(CCNC(=O)c2ccccc2)c2ccccc2)c2n[nH]nc2n1. The van der Waals surface area contributed by atoms with E-state index in [-0.39, 0.29) is 36.9 Å². The largest absolute Gasteiger partial charge is 0.396 e. The Morgan fingerprint density at radius 1 is 0.607 bits per heavy atom. The molecule has 1 fully saturated rings. The van der Waals surface area contributed by atoms with Crippen molar-refractivity contribution in [2.75, 3.05) is 49.2 Å². The summed E-state index contributed by atoms with van der Waals surface area (Å²) in [6, 6.07) is 41.9. The van der Waals surface area contributed by atoms with Gasteiger partial charge in [0.25, 0.3) is 11.8 Å². The molecule has 316 valence electrons. The fourth-order valence-corrected chi connectivity index (χ4v) is 6.98. The third kappa shape index (κ3) is 12.6. The molecule has 61 heavy (non-hydrogen) atoms. The molecule has 4 aromatic carbocycles. The molecule has 7 aromatic rings. The lowest BCUT2D eigenvalue weighted by molar-refractivity contribution is 0.0944. The van der Waals surface area contributed by atoms with Crippen molar-refractivity contribution in [1.29, 1.82) is 0 Å². The molecule has 2 amide bonds. The number of H-pyrrole nitrogens is 1. The van der Waals surface area contributed by atoms with Crippen LogP contribution in [0.2, 0.25) is 0 Å². The van der Waals surface area contributed by atoms with Crippen molar-refractivity contribution >= 4 is 46.1 Å². The van der Waals surface area contributed by atoms with Gasteiger partial charge in [-0.15, -0.1) is 5.10 Å². The van der Waals surface area contributed by atoms with Gasteiger partial charge in [0.2, 0.25) is 5.65 Å². The number of carbonyl (C=O) groups is 2. The van der Waals surface area contributed by atoms with Crippen LogP contribution in [0.5, 0.6) is 0 Å². The summed E-state index contributed by atoms with van der Waals surface area (Å²) in [6.07, 6.45) is 3.89. The number of fused-ring (bicyclic) bond motifs is 1. The molecule has 4 heterocycles. The van der Waals surface area contributed by atoms with Gasteiger partial charge in [0.15, 0.2) is 0 Å². The van der Waals surface area contributed by atoms with Crippen molar-refractivity contribution in [3.8, 4) is 0 Å². The molecule has 0 radical (unpaired) electrons. The standard InChI is InChI=1S/C21H20N6O.C21H23N5O.C4H8O.CH4/c22-18-13-17(19-20(24-18)26-27-25-19)16(14-7-3-1-4-8-14)11-12-23-21(28)15-9-5-2-6-10-15;22-18-13-17(19(23)20(24)26-18)16(14-7-3-1-4-8-14)11-12-25-21(27)15-9-5-2-6-10-15;1-2-4-5-3-1;/h1-10,13,16H,11-12H2,(H,23,28)(H3,22,24,25,26,27);1-10,13,16H,11-12,23H2,(H,25,27)(H4,22,24,26);1-4H2;1H4. The third-order valence-electron chi connectivity index (χ3n) is 9.97. The average molecular weight is 822 g/mol. The molecule has 14 heteroatoms. The number of rotatable bonds is 12. The van der Waals surface area contributed by atoms with Gasteiger partial charge >= 0.3 is 0 Å². The van der Waals surface area contributed by atoms with E-state index in [1.807, 2.05) is 91.0 Å². The maximum atomic E-state index is 12.4. The predicted molar refractivity (Wildman–Crippen MR) is 244 cm³/mol. The number of pyridine rings is 2. The topological polar surface area (TPSA) is 239 Å². The van der Waals surface area contributed by atoms with Crippen molar-refractivity contribution in [2.24, 2.45) is 0 Å². The quantitative estimate of drug-likeness (QED) is 0.0656. The number of hydrogen-bond donors (Lipinski definition) is 7. The van der Waals surface area contributed by atoms with Crippen LogP contribution in [0, 0.1) is 0 Å². The highest BCUT2D eigenvalue weighted by atomic mass is 16.5. The van der Waals surface area contributed by atoms with Crippen LogP contribution in [0.4, 0.5) is 23.1 Å². The molecule has 14 nitrogen and oxygen atoms in total. The van der Waals surface area contributed by atoms with Crippen molar-refractivity contribution in [3.05, 3.63) is 167 Å². The van der Waals surface area contributed by atoms with E-state index in [9.17, 15) is 9.59 Å². The van der Waals surface area contributed by atoms with Crippen molar-refractivity contribution in [2.45, 2.75) is 44.9 Å². The van der Waals surface area contributed by atoms with Crippen LogP contribution in [0.3, 0.4) is 0 Å². The zero-order valence-electron chi connectivity index (χ0n) is 33.3. The van der Waals surface area contributed by atoms with Crippen LogP contribution < -0.4 is 33.6 Å². The second kappa shape index (κ2) is 22.7. The normalized spacial score (nSPS) is 12.7. The van der Waals surface area contributed by atoms with Crippen LogP contribution in [0.15, 0.2) is 133 Å². The lowest BCUT2D eigenvalue weighted by Crippen LogP contribution is -2.26. The summed E-state index contributed by atoms with van der Waals surface area (Å²) in [4.78, 5) is 32.9. The minimum absolute atomic E-state index is 0. The molecule has 0 saturated carbocycles. The number of amides is 2. The summed E-state index contributed by atoms with van der Waals surface area (Å²) in [5, 5.41) is 16.9. The first-order chi connectivity index (χ1) is 29.3. The van der Waals surface area contributed by atoms with Crippen molar-refractivity contribution < 1.29 is 14.3 Å². The first-order valence-corrected chi connectivity index (χ1v) is 19.9. The minimum Gasteiger partial charge on any atom is -0.396 e. The Morgan fingerprint density at radius 2 is 1.05 bits per heavy atom. The number of benzene rings is 4. The smallest absolute Gasteiger partial charge is 0.251 e. The first kappa shape index (κ1) is 44.8. The molecule has 3 aromatic heterocycles. The van der Waals surface area contributed by atoms with E-state index in [0.29, 0.717) is 65.5 Å². The molecular weight excluding hydrogens is 767 g/mol. The Bertz CT molecular complexity index is 2400. The summed E-state index contributed by atoms with van der Waals surface area (Å²) in [5.74, 6) is 0.679. The molecule has 2 atom stereocenters. The lowest BCUT2D eigenvalue weighted by Gasteiger charge is -2.21. The maximum absolute atomic E-state index is 12.4. The number of carbonyl (C=O) groups excluding carboxylic acids is 2. The van der Waals surface area contributed by atoms with E-state index < -0.39 is 0 Å². The van der Waals surface area contributed by atoms with Gasteiger partial charge in [-0.2, -0.15) is 10.3 Å². The fourth-order valence-electron chi connectivity index (χ4n) is 6.98. The van der Waals surface area contributed by atoms with Gasteiger partial charge < -0.3 is 38.3 Å². The second-order valence-electron chi connectivity index (χ2n) is 14.1. The highest BCUT2D eigenvalue weighted by Crippen LogP contribution is 2.35. The lowest BCUT2D eigenvalue weighted by atomic mass is 9.87. The summed E-state index contributed by atoms with van der Waals surface area (Å²) in [7, 11) is 0. The summed E-state index contributed by atoms with van der Waals surface area (Å²) >= 11 is 0. The number of nitrogens with two attached hydrogens (primary N) is 4. The second-order valence-corrected chi connectivity index (χ2v) is 14.1. The summed E-state index contributed by atoms with van der Waals surface area (Å²) < 4.78 is 4.94. The summed E-state index contributed by atoms with van der Waals surface area (Å²) in [6.45, 7) is 2.99. The average Bonchev–Trinajstić information content (AvgIpc) is 4.03. The monoisotopic (exact) mass is 821 g/mol. The molecule has 1 aliphatic rings. The number of nitrogen functional groups attached to an aromatic ring is 4. The molecule has 0 bridgehead atoms. The summed E-state index contributed by atoms with van der Waals surface area (Å²) in [5.41, 5.74) is 30.8. The zero-order chi connectivity index (χ0) is 42.1. The predicted octanol–water partition coefficient (Wildman–Crippen LogP) is 7.10. The van der Waals surface area contributed by atoms with Gasteiger partial charge in [-0.3, -0.25) is 9.59 Å². The molecule has 1 saturated heterocycles. The third-order valence-corrected chi connectivity index (χ3v) is 9.97. The molecule has 0 spiro atoms. The number of ether oxygens (including phenoxy) is 1. The van der Waals surface area contributed by atoms with E-state index >= 15 is 0 Å². The van der Waals surface area contributed by atoms with E-state index in [1.165, 1.54) is 12.8 Å². The molecule has 2 unspecified atom stereocenters. The number of aromatic amines is 1. The Labute approximate surface area is 356 Å². The Balaban J connectivity index is 0.000000204. The van der Waals surface area contributed by atoms with Gasteiger partial charge in [-0.1, -0.05) is 104 Å². The number of aromatic nitrogens is 5. The fraction of sp³-hybridized carbons (Fsp3) is 0.234. The Hall–Kier alpha value is -7.32. The van der Waals surface area contributed by atoms with Crippen LogP contribution in [-0.4, -0.2) is 63.5 Å².